The van der Waals surface area contributed by atoms with Crippen molar-refractivity contribution in [1.82, 2.24) is 10.2 Å². The lowest BCUT2D eigenvalue weighted by Gasteiger charge is -2.31. The van der Waals surface area contributed by atoms with E-state index in [0.717, 1.165) is 11.1 Å². The summed E-state index contributed by atoms with van der Waals surface area (Å²) in [5, 5.41) is 2.63. The summed E-state index contributed by atoms with van der Waals surface area (Å²) in [7, 11) is 0. The van der Waals surface area contributed by atoms with Crippen molar-refractivity contribution in [1.29, 1.82) is 0 Å². The molecule has 2 amide bonds. The molecule has 3 rings (SSSR count). The molecule has 0 bridgehead atoms. The lowest BCUT2D eigenvalue weighted by Crippen LogP contribution is -2.58. The highest BCUT2D eigenvalue weighted by Gasteiger charge is 2.57. The summed E-state index contributed by atoms with van der Waals surface area (Å²) >= 11 is 0. The summed E-state index contributed by atoms with van der Waals surface area (Å²) in [6.07, 6.45) is -1.07. The fraction of sp³-hybridized carbons (Fsp3) is 0.448. The minimum absolute atomic E-state index is 0.0469. The smallest absolute Gasteiger partial charge is 0.408 e. The van der Waals surface area contributed by atoms with Gasteiger partial charge in [0.05, 0.1) is 25.7 Å². The molecular weight excluding hydrogens is 488 g/mol. The average Bonchev–Trinajstić information content (AvgIpc) is 3.25. The number of amides is 2. The highest BCUT2D eigenvalue weighted by atomic mass is 16.6. The van der Waals surface area contributed by atoms with Crippen LogP contribution >= 0.6 is 0 Å². The Balaban J connectivity index is 2.07. The Labute approximate surface area is 223 Å². The van der Waals surface area contributed by atoms with Gasteiger partial charge in [-0.05, 0) is 45.7 Å². The predicted molar refractivity (Wildman–Crippen MR) is 140 cm³/mol. The molecule has 2 atom stereocenters. The molecule has 0 spiro atoms. The maximum Gasteiger partial charge on any atom is 0.408 e. The average molecular weight is 525 g/mol. The maximum atomic E-state index is 14.3. The third-order valence-electron chi connectivity index (χ3n) is 6.12. The first-order chi connectivity index (χ1) is 18.0. The van der Waals surface area contributed by atoms with E-state index in [1.165, 1.54) is 4.90 Å². The van der Waals surface area contributed by atoms with E-state index in [4.69, 9.17) is 14.2 Å². The van der Waals surface area contributed by atoms with E-state index in [-0.39, 0.29) is 26.2 Å². The number of rotatable bonds is 8. The van der Waals surface area contributed by atoms with Crippen LogP contribution in [0.1, 0.15) is 58.1 Å². The van der Waals surface area contributed by atoms with Crippen LogP contribution in [-0.2, 0) is 28.6 Å². The predicted octanol–water partition coefficient (Wildman–Crippen LogP) is 3.81. The first-order valence-electron chi connectivity index (χ1n) is 12.8. The molecule has 1 fully saturated rings. The van der Waals surface area contributed by atoms with Gasteiger partial charge in [0.25, 0.3) is 0 Å². The molecule has 2 aromatic rings. The van der Waals surface area contributed by atoms with Crippen molar-refractivity contribution < 1.29 is 33.4 Å². The summed E-state index contributed by atoms with van der Waals surface area (Å²) in [5.41, 5.74) is -1.09. The SMILES string of the molecule is CCOC(=O)[C@H]1C[C@](NC(=O)OC(C)(C)C)(C(=O)OCC)CN1C(=O)C(c1ccccc1)c1ccccc1. The Bertz CT molecular complexity index is 1090. The van der Waals surface area contributed by atoms with E-state index < -0.39 is 47.0 Å². The number of nitrogens with one attached hydrogen (secondary N) is 1. The molecule has 1 aliphatic rings. The number of carbonyl (C=O) groups excluding carboxylic acids is 4. The van der Waals surface area contributed by atoms with Gasteiger partial charge in [0.1, 0.15) is 11.6 Å². The Morgan fingerprint density at radius 2 is 1.45 bits per heavy atom. The van der Waals surface area contributed by atoms with Crippen LogP contribution in [0.4, 0.5) is 4.79 Å². The van der Waals surface area contributed by atoms with E-state index in [0.29, 0.717) is 0 Å². The third-order valence-corrected chi connectivity index (χ3v) is 6.12. The zero-order valence-electron chi connectivity index (χ0n) is 22.6. The lowest BCUT2D eigenvalue weighted by atomic mass is 9.90. The van der Waals surface area contributed by atoms with Gasteiger partial charge in [0.15, 0.2) is 5.54 Å². The quantitative estimate of drug-likeness (QED) is 0.413. The molecule has 204 valence electrons. The fourth-order valence-electron chi connectivity index (χ4n) is 4.58. The van der Waals surface area contributed by atoms with E-state index in [1.807, 2.05) is 60.7 Å². The van der Waals surface area contributed by atoms with Crippen molar-refractivity contribution in [2.24, 2.45) is 0 Å². The number of hydrogen-bond acceptors (Lipinski definition) is 7. The second kappa shape index (κ2) is 12.1. The molecule has 1 saturated heterocycles. The summed E-state index contributed by atoms with van der Waals surface area (Å²) in [5.74, 6) is -2.59. The zero-order valence-corrected chi connectivity index (χ0v) is 22.6. The molecule has 1 heterocycles. The van der Waals surface area contributed by atoms with Gasteiger partial charge in [-0.15, -0.1) is 0 Å². The van der Waals surface area contributed by atoms with Crippen molar-refractivity contribution in [3.8, 4) is 0 Å². The summed E-state index contributed by atoms with van der Waals surface area (Å²) < 4.78 is 16.0. The van der Waals surface area contributed by atoms with E-state index >= 15 is 0 Å². The van der Waals surface area contributed by atoms with Gasteiger partial charge in [0, 0.05) is 6.42 Å². The third kappa shape index (κ3) is 6.70. The molecule has 0 unspecified atom stereocenters. The number of alkyl carbamates (subject to hydrolysis) is 1. The van der Waals surface area contributed by atoms with Crippen molar-refractivity contribution in [2.45, 2.75) is 64.1 Å². The standard InChI is InChI=1S/C29H36N2O7/c1-6-36-25(33)22-18-29(26(34)37-7-2,30-27(35)38-28(3,4)5)19-31(22)24(32)23(20-14-10-8-11-15-20)21-16-12-9-13-17-21/h8-17,22-23H,6-7,18-19H2,1-5H3,(H,30,35)/t22-,29-/m1/s1. The van der Waals surface area contributed by atoms with Gasteiger partial charge in [-0.2, -0.15) is 0 Å². The van der Waals surface area contributed by atoms with Crippen LogP contribution in [0.2, 0.25) is 0 Å². The van der Waals surface area contributed by atoms with Crippen molar-refractivity contribution in [2.75, 3.05) is 19.8 Å². The van der Waals surface area contributed by atoms with Crippen LogP contribution in [0.3, 0.4) is 0 Å². The topological polar surface area (TPSA) is 111 Å². The number of ether oxygens (including phenoxy) is 3. The molecular formula is C29H36N2O7. The highest BCUT2D eigenvalue weighted by molar-refractivity contribution is 5.95. The Morgan fingerprint density at radius 3 is 1.92 bits per heavy atom. The van der Waals surface area contributed by atoms with E-state index in [9.17, 15) is 19.2 Å². The van der Waals surface area contributed by atoms with Crippen LogP contribution < -0.4 is 5.32 Å². The largest absolute Gasteiger partial charge is 0.464 e. The molecule has 0 aromatic heterocycles. The molecule has 0 aliphatic carbocycles. The summed E-state index contributed by atoms with van der Waals surface area (Å²) in [6.45, 7) is 8.23. The maximum absolute atomic E-state index is 14.3. The molecule has 1 N–H and O–H groups in total. The monoisotopic (exact) mass is 524 g/mol. The summed E-state index contributed by atoms with van der Waals surface area (Å²) in [6, 6.07) is 17.2. The van der Waals surface area contributed by atoms with Gasteiger partial charge in [0.2, 0.25) is 5.91 Å². The number of benzene rings is 2. The Morgan fingerprint density at radius 1 is 0.921 bits per heavy atom. The molecule has 2 aromatic carbocycles. The molecule has 0 saturated carbocycles. The van der Waals surface area contributed by atoms with Gasteiger partial charge < -0.3 is 24.4 Å². The van der Waals surface area contributed by atoms with Gasteiger partial charge >= 0.3 is 18.0 Å². The van der Waals surface area contributed by atoms with Crippen LogP contribution in [0.15, 0.2) is 60.7 Å². The highest BCUT2D eigenvalue weighted by Crippen LogP contribution is 2.35. The molecule has 9 nitrogen and oxygen atoms in total. The van der Waals surface area contributed by atoms with Gasteiger partial charge in [-0.3, -0.25) is 4.79 Å². The van der Waals surface area contributed by atoms with Gasteiger partial charge in [-0.25, -0.2) is 14.4 Å². The number of carbonyl (C=O) groups is 4. The van der Waals surface area contributed by atoms with Crippen LogP contribution in [0.25, 0.3) is 0 Å². The minimum Gasteiger partial charge on any atom is -0.464 e. The molecule has 9 heteroatoms. The van der Waals surface area contributed by atoms with E-state index in [1.54, 1.807) is 34.6 Å². The fourth-order valence-corrected chi connectivity index (χ4v) is 4.58. The Hall–Kier alpha value is -3.88. The summed E-state index contributed by atoms with van der Waals surface area (Å²) in [4.78, 5) is 54.8. The number of likely N-dealkylation sites (tertiary alicyclic amines) is 1. The van der Waals surface area contributed by atoms with Crippen molar-refractivity contribution in [3.05, 3.63) is 71.8 Å². The van der Waals surface area contributed by atoms with Crippen LogP contribution in [0, 0.1) is 0 Å². The van der Waals surface area contributed by atoms with E-state index in [2.05, 4.69) is 5.32 Å². The van der Waals surface area contributed by atoms with Gasteiger partial charge in [-0.1, -0.05) is 60.7 Å². The second-order valence-corrected chi connectivity index (χ2v) is 10.1. The molecule has 38 heavy (non-hydrogen) atoms. The number of esters is 2. The zero-order chi connectivity index (χ0) is 27.9. The van der Waals surface area contributed by atoms with Crippen molar-refractivity contribution in [3.63, 3.8) is 0 Å². The molecule has 1 aliphatic heterocycles. The normalized spacial score (nSPS) is 19.1. The first-order valence-corrected chi connectivity index (χ1v) is 12.8. The number of hydrogen-bond donors (Lipinski definition) is 1. The first kappa shape index (κ1) is 28.7. The number of nitrogens with zero attached hydrogens (tertiary/aromatic N) is 1. The molecule has 0 radical (unpaired) electrons. The Kier molecular flexibility index (Phi) is 9.14. The van der Waals surface area contributed by atoms with Crippen molar-refractivity contribution >= 4 is 23.9 Å². The second-order valence-electron chi connectivity index (χ2n) is 10.1. The van der Waals surface area contributed by atoms with Crippen LogP contribution in [0.5, 0.6) is 0 Å². The lowest BCUT2D eigenvalue weighted by molar-refractivity contribution is -0.153. The minimum atomic E-state index is -1.71. The van der Waals surface area contributed by atoms with Crippen LogP contribution in [-0.4, -0.2) is 65.8 Å².